The van der Waals surface area contributed by atoms with Crippen LogP contribution in [-0.2, 0) is 24.8 Å². The average Bonchev–Trinajstić information content (AvgIpc) is 3.50. The van der Waals surface area contributed by atoms with Crippen molar-refractivity contribution in [3.8, 4) is 11.3 Å². The Balaban J connectivity index is 1.38. The summed E-state index contributed by atoms with van der Waals surface area (Å²) in [4.78, 5) is 17.0. The van der Waals surface area contributed by atoms with Crippen LogP contribution in [0.5, 0.6) is 0 Å². The number of halogens is 1. The number of aryl methyl sites for hydroxylation is 1. The number of thioether (sulfide) groups is 1. The second kappa shape index (κ2) is 10.2. The molecule has 1 N–H and O–H groups in total. The first-order chi connectivity index (χ1) is 15.5. The fourth-order valence-corrected chi connectivity index (χ4v) is 4.71. The van der Waals surface area contributed by atoms with E-state index in [1.165, 1.54) is 23.1 Å². The van der Waals surface area contributed by atoms with Crippen molar-refractivity contribution in [3.05, 3.63) is 77.2 Å². The van der Waals surface area contributed by atoms with E-state index in [1.54, 1.807) is 6.08 Å². The van der Waals surface area contributed by atoms with Crippen molar-refractivity contribution >= 4 is 45.7 Å². The molecular weight excluding hydrogens is 464 g/mol. The minimum Gasteiger partial charge on any atom is -0.354 e. The molecule has 0 atom stereocenters. The molecule has 0 saturated carbocycles. The van der Waals surface area contributed by atoms with Crippen molar-refractivity contribution in [1.82, 2.24) is 24.3 Å². The average molecular weight is 485 g/mol. The van der Waals surface area contributed by atoms with Gasteiger partial charge in [0.05, 0.1) is 11.4 Å². The van der Waals surface area contributed by atoms with Gasteiger partial charge in [0, 0.05) is 47.9 Å². The number of hydrogen-bond donors (Lipinski definition) is 1. The number of hydrogen-bond acceptors (Lipinski definition) is 6. The lowest BCUT2D eigenvalue weighted by Crippen LogP contribution is -2.14. The van der Waals surface area contributed by atoms with E-state index in [0.717, 1.165) is 22.8 Å². The van der Waals surface area contributed by atoms with Gasteiger partial charge >= 0.3 is 0 Å². The summed E-state index contributed by atoms with van der Waals surface area (Å²) in [6.07, 6.45) is 4.46. The number of rotatable bonds is 9. The quantitative estimate of drug-likeness (QED) is 0.270. The van der Waals surface area contributed by atoms with E-state index in [9.17, 15) is 4.79 Å². The first-order valence-electron chi connectivity index (χ1n) is 9.81. The van der Waals surface area contributed by atoms with Crippen LogP contribution in [0.4, 0.5) is 5.13 Å². The van der Waals surface area contributed by atoms with Gasteiger partial charge in [0.25, 0.3) is 0 Å². The molecule has 32 heavy (non-hydrogen) atoms. The predicted octanol–water partition coefficient (Wildman–Crippen LogP) is 4.90. The summed E-state index contributed by atoms with van der Waals surface area (Å²) >= 11 is 8.66. The molecular formula is C22H21ClN6OS2. The van der Waals surface area contributed by atoms with Gasteiger partial charge in [-0.2, -0.15) is 0 Å². The molecule has 0 aliphatic heterocycles. The van der Waals surface area contributed by atoms with Gasteiger partial charge in [-0.25, -0.2) is 4.98 Å². The topological polar surface area (TPSA) is 77.6 Å². The molecule has 4 aromatic rings. The second-order valence-corrected chi connectivity index (χ2v) is 9.20. The van der Waals surface area contributed by atoms with Gasteiger partial charge in [-0.15, -0.1) is 28.1 Å². The summed E-state index contributed by atoms with van der Waals surface area (Å²) in [6, 6.07) is 11.5. The molecule has 0 saturated heterocycles. The van der Waals surface area contributed by atoms with Gasteiger partial charge in [-0.3, -0.25) is 4.79 Å². The van der Waals surface area contributed by atoms with E-state index < -0.39 is 0 Å². The van der Waals surface area contributed by atoms with Crippen molar-refractivity contribution in [1.29, 1.82) is 0 Å². The molecule has 0 unspecified atom stereocenters. The molecule has 0 spiro atoms. The Kier molecular flexibility index (Phi) is 7.09. The highest BCUT2D eigenvalue weighted by molar-refractivity contribution is 7.99. The van der Waals surface area contributed by atoms with Crippen molar-refractivity contribution in [2.75, 3.05) is 11.1 Å². The Labute approximate surface area is 199 Å². The van der Waals surface area contributed by atoms with E-state index in [2.05, 4.69) is 37.7 Å². The summed E-state index contributed by atoms with van der Waals surface area (Å²) in [5.74, 6) is 0.890. The number of nitrogens with zero attached hydrogens (tertiary/aromatic N) is 5. The fraction of sp³-hybridized carbons (Fsp3) is 0.182. The van der Waals surface area contributed by atoms with Gasteiger partial charge in [-0.05, 0) is 24.3 Å². The SMILES string of the molecule is C=CCn1c(Cc2cccn2C)nnc1SCC(=O)Nc1nc(-c2ccc(Cl)cc2)cs1. The highest BCUT2D eigenvalue weighted by atomic mass is 35.5. The highest BCUT2D eigenvalue weighted by Crippen LogP contribution is 2.26. The van der Waals surface area contributed by atoms with E-state index in [-0.39, 0.29) is 11.7 Å². The summed E-state index contributed by atoms with van der Waals surface area (Å²) in [6.45, 7) is 4.41. The number of carbonyl (C=O) groups is 1. The normalized spacial score (nSPS) is 10.9. The molecule has 0 radical (unpaired) electrons. The van der Waals surface area contributed by atoms with Crippen molar-refractivity contribution in [2.45, 2.75) is 18.1 Å². The number of thiazole rings is 1. The van der Waals surface area contributed by atoms with Crippen LogP contribution < -0.4 is 5.32 Å². The molecule has 0 fully saturated rings. The fourth-order valence-electron chi connectivity index (χ4n) is 3.08. The molecule has 0 bridgehead atoms. The Morgan fingerprint density at radius 2 is 2.09 bits per heavy atom. The smallest absolute Gasteiger partial charge is 0.236 e. The lowest BCUT2D eigenvalue weighted by Gasteiger charge is -2.08. The molecule has 0 aliphatic carbocycles. The Hall–Kier alpha value is -2.88. The highest BCUT2D eigenvalue weighted by Gasteiger charge is 2.15. The number of amides is 1. The second-order valence-electron chi connectivity index (χ2n) is 6.97. The van der Waals surface area contributed by atoms with E-state index >= 15 is 0 Å². The van der Waals surface area contributed by atoms with Gasteiger partial charge in [0.2, 0.25) is 5.91 Å². The third kappa shape index (κ3) is 5.29. The zero-order valence-corrected chi connectivity index (χ0v) is 19.8. The molecule has 10 heteroatoms. The lowest BCUT2D eigenvalue weighted by molar-refractivity contribution is -0.113. The van der Waals surface area contributed by atoms with Gasteiger partial charge in [0.1, 0.15) is 5.82 Å². The molecule has 7 nitrogen and oxygen atoms in total. The number of allylic oxidation sites excluding steroid dienone is 1. The third-order valence-electron chi connectivity index (χ3n) is 4.72. The van der Waals surface area contributed by atoms with Crippen LogP contribution in [0, 0.1) is 0 Å². The maximum Gasteiger partial charge on any atom is 0.236 e. The van der Waals surface area contributed by atoms with Crippen LogP contribution in [-0.4, -0.2) is 36.0 Å². The van der Waals surface area contributed by atoms with Crippen molar-refractivity contribution < 1.29 is 4.79 Å². The first kappa shape index (κ1) is 22.3. The summed E-state index contributed by atoms with van der Waals surface area (Å²) in [5.41, 5.74) is 2.88. The predicted molar refractivity (Wildman–Crippen MR) is 130 cm³/mol. The number of nitrogens with one attached hydrogen (secondary N) is 1. The maximum absolute atomic E-state index is 12.5. The first-order valence-corrected chi connectivity index (χ1v) is 12.0. The minimum atomic E-state index is -0.149. The monoisotopic (exact) mass is 484 g/mol. The van der Waals surface area contributed by atoms with Crippen LogP contribution >= 0.6 is 34.7 Å². The van der Waals surface area contributed by atoms with Gasteiger partial charge < -0.3 is 14.5 Å². The minimum absolute atomic E-state index is 0.149. The maximum atomic E-state index is 12.5. The zero-order valence-electron chi connectivity index (χ0n) is 17.4. The molecule has 1 aromatic carbocycles. The number of benzene rings is 1. The number of carbonyl (C=O) groups excluding carboxylic acids is 1. The zero-order chi connectivity index (χ0) is 22.5. The standard InChI is InChI=1S/C22H21ClN6OS2/c1-3-10-29-19(12-17-5-4-11-28(17)2)26-27-22(29)32-14-20(30)25-21-24-18(13-31-21)15-6-8-16(23)9-7-15/h3-9,11,13H,1,10,12,14H2,2H3,(H,24,25,30). The molecule has 1 amide bonds. The summed E-state index contributed by atoms with van der Waals surface area (Å²) in [5, 5.41) is 15.3. The number of anilines is 1. The van der Waals surface area contributed by atoms with E-state index in [4.69, 9.17) is 11.6 Å². The van der Waals surface area contributed by atoms with Crippen LogP contribution in [0.1, 0.15) is 11.5 Å². The Bertz CT molecular complexity index is 1230. The Morgan fingerprint density at radius 1 is 1.28 bits per heavy atom. The summed E-state index contributed by atoms with van der Waals surface area (Å²) in [7, 11) is 2.00. The van der Waals surface area contributed by atoms with Crippen LogP contribution in [0.15, 0.2) is 65.8 Å². The largest absolute Gasteiger partial charge is 0.354 e. The molecule has 3 aromatic heterocycles. The van der Waals surface area contributed by atoms with Gasteiger partial charge in [0.15, 0.2) is 10.3 Å². The lowest BCUT2D eigenvalue weighted by atomic mass is 10.2. The van der Waals surface area contributed by atoms with Gasteiger partial charge in [-0.1, -0.05) is 41.6 Å². The molecule has 0 aliphatic rings. The van der Waals surface area contributed by atoms with Crippen molar-refractivity contribution in [3.63, 3.8) is 0 Å². The Morgan fingerprint density at radius 3 is 2.81 bits per heavy atom. The van der Waals surface area contributed by atoms with Crippen LogP contribution in [0.3, 0.4) is 0 Å². The third-order valence-corrected chi connectivity index (χ3v) is 6.70. The molecule has 3 heterocycles. The van der Waals surface area contributed by atoms with Crippen LogP contribution in [0.25, 0.3) is 11.3 Å². The summed E-state index contributed by atoms with van der Waals surface area (Å²) < 4.78 is 4.04. The van der Waals surface area contributed by atoms with Crippen LogP contribution in [0.2, 0.25) is 5.02 Å². The number of aromatic nitrogens is 5. The molecule has 4 rings (SSSR count). The van der Waals surface area contributed by atoms with Crippen molar-refractivity contribution in [2.24, 2.45) is 7.05 Å². The van der Waals surface area contributed by atoms with E-state index in [0.29, 0.717) is 28.3 Å². The molecule has 164 valence electrons. The van der Waals surface area contributed by atoms with E-state index in [1.807, 2.05) is 53.5 Å².